The Morgan fingerprint density at radius 2 is 1.46 bits per heavy atom. The molecule has 0 bridgehead atoms. The van der Waals surface area contributed by atoms with Crippen LogP contribution in [0.5, 0.6) is 0 Å². The predicted octanol–water partition coefficient (Wildman–Crippen LogP) is 4.61. The fourth-order valence-electron chi connectivity index (χ4n) is 2.77. The fraction of sp³-hybridized carbons (Fsp3) is 0. The summed E-state index contributed by atoms with van der Waals surface area (Å²) >= 11 is 0. The highest BCUT2D eigenvalue weighted by Gasteiger charge is 2.30. The van der Waals surface area contributed by atoms with Crippen molar-refractivity contribution in [2.24, 2.45) is 0 Å². The molecule has 3 aromatic carbocycles. The van der Waals surface area contributed by atoms with Gasteiger partial charge in [-0.05, 0) is 29.7 Å². The van der Waals surface area contributed by atoms with Crippen molar-refractivity contribution in [1.29, 1.82) is 0 Å². The van der Waals surface area contributed by atoms with Gasteiger partial charge in [0.1, 0.15) is 0 Å². The van der Waals surface area contributed by atoms with Gasteiger partial charge in [0.25, 0.3) is 0 Å². The summed E-state index contributed by atoms with van der Waals surface area (Å²) in [6, 6.07) is 19.9. The number of rotatable bonds is 2. The van der Waals surface area contributed by atoms with Gasteiger partial charge in [0, 0.05) is 11.1 Å². The minimum Gasteiger partial charge on any atom is -0.308 e. The molecule has 0 saturated heterocycles. The average Bonchev–Trinajstić information content (AvgIpc) is 2.55. The monoisotopic (exact) mass is 338 g/mol. The van der Waals surface area contributed by atoms with Crippen LogP contribution in [0.1, 0.15) is 0 Å². The number of nitrogens with one attached hydrogen (secondary N) is 4. The van der Waals surface area contributed by atoms with Gasteiger partial charge >= 0.3 is 13.6 Å². The molecular weight excluding hydrogens is 323 g/mol. The summed E-state index contributed by atoms with van der Waals surface area (Å²) in [6.07, 6.45) is 0. The predicted molar refractivity (Wildman–Crippen MR) is 97.4 cm³/mol. The van der Waals surface area contributed by atoms with E-state index in [0.29, 0.717) is 5.69 Å². The summed E-state index contributed by atoms with van der Waals surface area (Å²) in [5.74, 6) is 0. The Balaban J connectivity index is 1.59. The molecule has 0 atom stereocenters. The van der Waals surface area contributed by atoms with E-state index in [9.17, 15) is 9.36 Å². The van der Waals surface area contributed by atoms with Gasteiger partial charge in [-0.3, -0.25) is 9.65 Å². The molecule has 0 saturated carbocycles. The van der Waals surface area contributed by atoms with Gasteiger partial charge in [0.15, 0.2) is 0 Å². The summed E-state index contributed by atoms with van der Waals surface area (Å²) in [6.45, 7) is 0. The molecule has 1 aliphatic heterocycles. The van der Waals surface area contributed by atoms with Crippen LogP contribution in [0.4, 0.5) is 21.9 Å². The Labute approximate surface area is 138 Å². The van der Waals surface area contributed by atoms with Gasteiger partial charge in [0.2, 0.25) is 0 Å². The minimum absolute atomic E-state index is 0.545. The molecule has 1 heterocycles. The number of carbonyl (C=O) groups excluding carboxylic acids is 1. The highest BCUT2D eigenvalue weighted by Crippen LogP contribution is 2.50. The highest BCUT2D eigenvalue weighted by molar-refractivity contribution is 7.65. The average molecular weight is 338 g/mol. The summed E-state index contributed by atoms with van der Waals surface area (Å²) in [5, 5.41) is 13.0. The number of hydrogen-bond acceptors (Lipinski definition) is 2. The molecule has 0 spiro atoms. The van der Waals surface area contributed by atoms with Crippen LogP contribution in [0, 0.1) is 0 Å². The number of hydrogen-bond donors (Lipinski definition) is 4. The Bertz CT molecular complexity index is 930. The maximum Gasteiger partial charge on any atom is 0.356 e. The fourth-order valence-corrected chi connectivity index (χ4v) is 4.33. The third-order valence-electron chi connectivity index (χ3n) is 3.75. The topological polar surface area (TPSA) is 82.3 Å². The molecule has 120 valence electrons. The van der Waals surface area contributed by atoms with Gasteiger partial charge in [-0.15, -0.1) is 0 Å². The highest BCUT2D eigenvalue weighted by atomic mass is 31.2. The lowest BCUT2D eigenvalue weighted by molar-refractivity contribution is 0.256. The van der Waals surface area contributed by atoms with Crippen LogP contribution in [0.2, 0.25) is 0 Å². The van der Waals surface area contributed by atoms with Crippen LogP contribution in [-0.2, 0) is 4.57 Å². The molecule has 0 aliphatic carbocycles. The molecule has 1 aliphatic rings. The maximum atomic E-state index is 13.0. The molecular formula is C17H15N4O2P. The van der Waals surface area contributed by atoms with E-state index in [4.69, 9.17) is 0 Å². The molecule has 24 heavy (non-hydrogen) atoms. The molecule has 0 unspecified atom stereocenters. The lowest BCUT2D eigenvalue weighted by Crippen LogP contribution is -2.32. The number of benzene rings is 3. The summed E-state index contributed by atoms with van der Waals surface area (Å²) in [5.41, 5.74) is 2.08. The van der Waals surface area contributed by atoms with Crippen LogP contribution < -0.4 is 20.6 Å². The van der Waals surface area contributed by atoms with Crippen molar-refractivity contribution in [3.05, 3.63) is 66.7 Å². The Kier molecular flexibility index (Phi) is 3.40. The largest absolute Gasteiger partial charge is 0.356 e. The first-order chi connectivity index (χ1) is 11.6. The standard InChI is InChI=1S/C17H15N4O2P/c22-17(18-13-8-2-1-3-9-13)21-24(23)19-14-10-4-6-12-7-5-11-15(20-24)16(12)14/h1-11H,(H4,18,19,20,21,22,23). The number of anilines is 3. The van der Waals surface area contributed by atoms with Crippen LogP contribution in [0.3, 0.4) is 0 Å². The number of urea groups is 1. The summed E-state index contributed by atoms with van der Waals surface area (Å²) in [4.78, 5) is 12.2. The molecule has 0 fully saturated rings. The van der Waals surface area contributed by atoms with Crippen LogP contribution >= 0.6 is 7.59 Å². The van der Waals surface area contributed by atoms with Crippen LogP contribution in [-0.4, -0.2) is 6.03 Å². The van der Waals surface area contributed by atoms with E-state index in [1.54, 1.807) is 12.1 Å². The minimum atomic E-state index is -3.36. The van der Waals surface area contributed by atoms with E-state index >= 15 is 0 Å². The van der Waals surface area contributed by atoms with E-state index in [2.05, 4.69) is 20.6 Å². The van der Waals surface area contributed by atoms with Crippen molar-refractivity contribution in [2.45, 2.75) is 0 Å². The first-order valence-electron chi connectivity index (χ1n) is 7.46. The van der Waals surface area contributed by atoms with E-state index < -0.39 is 13.6 Å². The quantitative estimate of drug-likeness (QED) is 0.514. The number of para-hydroxylation sites is 1. The van der Waals surface area contributed by atoms with Crippen molar-refractivity contribution in [3.63, 3.8) is 0 Å². The van der Waals surface area contributed by atoms with Gasteiger partial charge in [-0.25, -0.2) is 4.79 Å². The zero-order valence-corrected chi connectivity index (χ0v) is 13.5. The third-order valence-corrected chi connectivity index (χ3v) is 5.38. The molecule has 6 nitrogen and oxygen atoms in total. The van der Waals surface area contributed by atoms with Crippen molar-refractivity contribution in [3.8, 4) is 0 Å². The first-order valence-corrected chi connectivity index (χ1v) is 9.16. The Hall–Kier alpha value is -2.98. The van der Waals surface area contributed by atoms with E-state index in [1.807, 2.05) is 54.6 Å². The third kappa shape index (κ3) is 2.68. The smallest absolute Gasteiger partial charge is 0.308 e. The SMILES string of the molecule is O=C(Nc1ccccc1)NP1(=O)Nc2cccc3cccc(c23)N1. The molecule has 0 aromatic heterocycles. The van der Waals surface area contributed by atoms with Gasteiger partial charge in [-0.1, -0.05) is 42.5 Å². The lowest BCUT2D eigenvalue weighted by Gasteiger charge is -2.29. The second-order valence-electron chi connectivity index (χ2n) is 5.47. The van der Waals surface area contributed by atoms with E-state index in [1.165, 1.54) is 0 Å². The molecule has 4 N–H and O–H groups in total. The molecule has 4 rings (SSSR count). The van der Waals surface area contributed by atoms with E-state index in [-0.39, 0.29) is 0 Å². The molecule has 3 aromatic rings. The van der Waals surface area contributed by atoms with Crippen molar-refractivity contribution in [2.75, 3.05) is 15.5 Å². The van der Waals surface area contributed by atoms with Crippen molar-refractivity contribution >= 4 is 41.5 Å². The van der Waals surface area contributed by atoms with E-state index in [0.717, 1.165) is 22.1 Å². The zero-order valence-electron chi connectivity index (χ0n) is 12.6. The number of carbonyl (C=O) groups is 1. The normalized spacial score (nSPS) is 14.3. The maximum absolute atomic E-state index is 13.0. The molecule has 7 heteroatoms. The zero-order chi connectivity index (χ0) is 16.6. The Morgan fingerprint density at radius 3 is 2.08 bits per heavy atom. The second kappa shape index (κ2) is 5.58. The van der Waals surface area contributed by atoms with Gasteiger partial charge in [-0.2, -0.15) is 0 Å². The first kappa shape index (κ1) is 14.6. The lowest BCUT2D eigenvalue weighted by atomic mass is 10.1. The van der Waals surface area contributed by atoms with Crippen molar-refractivity contribution < 1.29 is 9.36 Å². The van der Waals surface area contributed by atoms with Gasteiger partial charge in [0.05, 0.1) is 11.4 Å². The summed E-state index contributed by atoms with van der Waals surface area (Å²) < 4.78 is 13.0. The van der Waals surface area contributed by atoms with Crippen LogP contribution in [0.15, 0.2) is 66.7 Å². The van der Waals surface area contributed by atoms with Crippen molar-refractivity contribution in [1.82, 2.24) is 5.09 Å². The molecule has 2 amide bonds. The molecule has 0 radical (unpaired) electrons. The number of amides is 2. The van der Waals surface area contributed by atoms with Crippen LogP contribution in [0.25, 0.3) is 10.8 Å². The summed E-state index contributed by atoms with van der Waals surface area (Å²) in [7, 11) is -3.36. The van der Waals surface area contributed by atoms with Gasteiger partial charge < -0.3 is 15.5 Å². The Morgan fingerprint density at radius 1 is 0.833 bits per heavy atom. The second-order valence-corrected chi connectivity index (χ2v) is 7.36.